The molecule has 7 heteroatoms. The molecule has 0 unspecified atom stereocenters. The summed E-state index contributed by atoms with van der Waals surface area (Å²) in [6.45, 7) is 9.12. The maximum atomic E-state index is 12.4. The SMILES string of the molecule is CC(C)CCCCCCCCCCCC[C@@H](O)[C@H](CS(=O)(=O)O)NC(=O)CCCCCCCCCCCC(C)C. The number of carbonyl (C=O) groups is 1. The number of aliphatic hydroxyl groups excluding tert-OH is 1. The van der Waals surface area contributed by atoms with Gasteiger partial charge in [-0.15, -0.1) is 0 Å². The first-order valence-electron chi connectivity index (χ1n) is 16.9. The number of hydrogen-bond donors (Lipinski definition) is 3. The minimum absolute atomic E-state index is 0.248. The summed E-state index contributed by atoms with van der Waals surface area (Å²) < 4.78 is 32.3. The smallest absolute Gasteiger partial charge is 0.266 e. The Morgan fingerprint density at radius 2 is 0.900 bits per heavy atom. The molecule has 0 aromatic rings. The molecule has 0 spiro atoms. The molecule has 0 aliphatic rings. The minimum Gasteiger partial charge on any atom is -0.391 e. The van der Waals surface area contributed by atoms with Gasteiger partial charge in [0, 0.05) is 6.42 Å². The summed E-state index contributed by atoms with van der Waals surface area (Å²) >= 11 is 0. The molecule has 0 aromatic carbocycles. The highest BCUT2D eigenvalue weighted by Gasteiger charge is 2.26. The van der Waals surface area contributed by atoms with Gasteiger partial charge in [0.05, 0.1) is 17.9 Å². The Kier molecular flexibility index (Phi) is 25.6. The summed E-state index contributed by atoms with van der Waals surface area (Å²) in [4.78, 5) is 12.4. The van der Waals surface area contributed by atoms with Crippen molar-refractivity contribution in [1.82, 2.24) is 5.32 Å². The van der Waals surface area contributed by atoms with Gasteiger partial charge in [0.1, 0.15) is 0 Å². The van der Waals surface area contributed by atoms with Crippen molar-refractivity contribution in [3.05, 3.63) is 0 Å². The second-order valence-corrected chi connectivity index (χ2v) is 14.6. The van der Waals surface area contributed by atoms with E-state index in [9.17, 15) is 22.9 Å². The van der Waals surface area contributed by atoms with E-state index in [2.05, 4.69) is 33.0 Å². The van der Waals surface area contributed by atoms with Crippen LogP contribution in [0.15, 0.2) is 0 Å². The topological polar surface area (TPSA) is 104 Å². The van der Waals surface area contributed by atoms with Gasteiger partial charge in [0.25, 0.3) is 10.1 Å². The Hall–Kier alpha value is -0.660. The quantitative estimate of drug-likeness (QED) is 0.0596. The van der Waals surface area contributed by atoms with Crippen molar-refractivity contribution in [2.75, 3.05) is 5.75 Å². The summed E-state index contributed by atoms with van der Waals surface area (Å²) in [7, 11) is -4.30. The minimum atomic E-state index is -4.30. The number of carbonyl (C=O) groups excluding carboxylic acids is 1. The van der Waals surface area contributed by atoms with E-state index >= 15 is 0 Å². The number of nitrogens with one attached hydrogen (secondary N) is 1. The van der Waals surface area contributed by atoms with Crippen LogP contribution in [0.3, 0.4) is 0 Å². The van der Waals surface area contributed by atoms with Crippen molar-refractivity contribution in [3.63, 3.8) is 0 Å². The Balaban J connectivity index is 3.96. The Morgan fingerprint density at radius 1 is 0.575 bits per heavy atom. The average Bonchev–Trinajstić information content (AvgIpc) is 2.86. The maximum absolute atomic E-state index is 12.4. The lowest BCUT2D eigenvalue weighted by Gasteiger charge is -2.23. The second kappa shape index (κ2) is 26.0. The zero-order chi connectivity index (χ0) is 30.1. The first-order chi connectivity index (χ1) is 19.0. The third kappa shape index (κ3) is 28.9. The summed E-state index contributed by atoms with van der Waals surface area (Å²) in [5, 5.41) is 13.3. The van der Waals surface area contributed by atoms with Crippen LogP contribution in [0.2, 0.25) is 0 Å². The van der Waals surface area contributed by atoms with Crippen molar-refractivity contribution in [2.24, 2.45) is 11.8 Å². The van der Waals surface area contributed by atoms with E-state index in [1.807, 2.05) is 0 Å². The molecule has 0 fully saturated rings. The van der Waals surface area contributed by atoms with Gasteiger partial charge in [0.15, 0.2) is 0 Å². The van der Waals surface area contributed by atoms with E-state index in [-0.39, 0.29) is 5.91 Å². The molecule has 2 atom stereocenters. The summed E-state index contributed by atoms with van der Waals surface area (Å²) in [6, 6.07) is -0.964. The zero-order valence-corrected chi connectivity index (χ0v) is 27.6. The number of amides is 1. The van der Waals surface area contributed by atoms with Gasteiger partial charge in [-0.25, -0.2) is 0 Å². The van der Waals surface area contributed by atoms with Gasteiger partial charge < -0.3 is 10.4 Å². The highest BCUT2D eigenvalue weighted by atomic mass is 32.2. The maximum Gasteiger partial charge on any atom is 0.266 e. The normalized spacial score (nSPS) is 13.7. The largest absolute Gasteiger partial charge is 0.391 e. The molecule has 0 aliphatic heterocycles. The van der Waals surface area contributed by atoms with Crippen LogP contribution in [-0.2, 0) is 14.9 Å². The van der Waals surface area contributed by atoms with Crippen molar-refractivity contribution in [3.8, 4) is 0 Å². The van der Waals surface area contributed by atoms with Crippen LogP contribution < -0.4 is 5.32 Å². The fourth-order valence-corrected chi connectivity index (χ4v) is 6.11. The predicted molar refractivity (Wildman–Crippen MR) is 170 cm³/mol. The standard InChI is InChI=1S/C33H67NO5S/c1-29(2)24-20-16-12-8-5-6-10-14-18-22-26-32(35)31(28-40(37,38)39)34-33(36)27-23-19-15-11-7-9-13-17-21-25-30(3)4/h29-32,35H,5-28H2,1-4H3,(H,34,36)(H,37,38,39)/t31-,32+/m0/s1. The number of hydrogen-bond acceptors (Lipinski definition) is 4. The summed E-state index contributed by atoms with van der Waals surface area (Å²) in [5.41, 5.74) is 0. The average molecular weight is 590 g/mol. The van der Waals surface area contributed by atoms with Crippen LogP contribution in [0.4, 0.5) is 0 Å². The van der Waals surface area contributed by atoms with Crippen LogP contribution in [0.25, 0.3) is 0 Å². The van der Waals surface area contributed by atoms with Crippen molar-refractivity contribution in [2.45, 2.75) is 188 Å². The third-order valence-corrected chi connectivity index (χ3v) is 8.70. The van der Waals surface area contributed by atoms with Crippen LogP contribution >= 0.6 is 0 Å². The van der Waals surface area contributed by atoms with Gasteiger partial charge in [0.2, 0.25) is 5.91 Å². The molecule has 0 saturated heterocycles. The van der Waals surface area contributed by atoms with Gasteiger partial charge >= 0.3 is 0 Å². The second-order valence-electron chi connectivity index (χ2n) is 13.1. The van der Waals surface area contributed by atoms with E-state index in [1.165, 1.54) is 96.3 Å². The lowest BCUT2D eigenvalue weighted by atomic mass is 10.0. The molecule has 240 valence electrons. The van der Waals surface area contributed by atoms with E-state index < -0.39 is 28.0 Å². The molecule has 0 aliphatic carbocycles. The lowest BCUT2D eigenvalue weighted by Crippen LogP contribution is -2.47. The van der Waals surface area contributed by atoms with E-state index in [0.29, 0.717) is 12.8 Å². The molecule has 0 rings (SSSR count). The monoisotopic (exact) mass is 589 g/mol. The van der Waals surface area contributed by atoms with Crippen LogP contribution in [0.5, 0.6) is 0 Å². The highest BCUT2D eigenvalue weighted by molar-refractivity contribution is 7.85. The third-order valence-electron chi connectivity index (χ3n) is 7.92. The molecule has 1 amide bonds. The van der Waals surface area contributed by atoms with E-state index in [0.717, 1.165) is 50.4 Å². The van der Waals surface area contributed by atoms with Crippen molar-refractivity contribution < 1.29 is 22.9 Å². The van der Waals surface area contributed by atoms with E-state index in [1.54, 1.807) is 0 Å². The molecule has 0 saturated carbocycles. The van der Waals surface area contributed by atoms with Crippen LogP contribution in [-0.4, -0.2) is 41.9 Å². The Morgan fingerprint density at radius 3 is 1.25 bits per heavy atom. The predicted octanol–water partition coefficient (Wildman–Crippen LogP) is 9.00. The first kappa shape index (κ1) is 39.3. The summed E-state index contributed by atoms with van der Waals surface area (Å²) in [6.07, 6.45) is 24.9. The van der Waals surface area contributed by atoms with Gasteiger partial charge in [-0.2, -0.15) is 8.42 Å². The molecule has 0 aromatic heterocycles. The summed E-state index contributed by atoms with van der Waals surface area (Å²) in [5.74, 6) is 0.713. The van der Waals surface area contributed by atoms with Gasteiger partial charge in [-0.3, -0.25) is 9.35 Å². The van der Waals surface area contributed by atoms with Gasteiger partial charge in [-0.05, 0) is 24.7 Å². The molecule has 0 bridgehead atoms. The van der Waals surface area contributed by atoms with Crippen molar-refractivity contribution >= 4 is 16.0 Å². The molecule has 0 heterocycles. The Labute approximate surface area is 249 Å². The zero-order valence-electron chi connectivity index (χ0n) is 26.8. The molecule has 0 radical (unpaired) electrons. The number of aliphatic hydroxyl groups is 1. The molecule has 6 nitrogen and oxygen atoms in total. The fraction of sp³-hybridized carbons (Fsp3) is 0.970. The van der Waals surface area contributed by atoms with E-state index in [4.69, 9.17) is 0 Å². The Bertz CT molecular complexity index is 680. The molecular formula is C33H67NO5S. The number of unbranched alkanes of at least 4 members (excludes halogenated alkanes) is 17. The van der Waals surface area contributed by atoms with Crippen molar-refractivity contribution in [1.29, 1.82) is 0 Å². The lowest BCUT2D eigenvalue weighted by molar-refractivity contribution is -0.122. The van der Waals surface area contributed by atoms with Gasteiger partial charge in [-0.1, -0.05) is 156 Å². The van der Waals surface area contributed by atoms with Crippen LogP contribution in [0, 0.1) is 11.8 Å². The molecular weight excluding hydrogens is 522 g/mol. The first-order valence-corrected chi connectivity index (χ1v) is 18.5. The molecule has 40 heavy (non-hydrogen) atoms. The highest BCUT2D eigenvalue weighted by Crippen LogP contribution is 2.16. The number of rotatable bonds is 29. The van der Waals surface area contributed by atoms with Crippen LogP contribution in [0.1, 0.15) is 175 Å². The fourth-order valence-electron chi connectivity index (χ4n) is 5.35. The molecule has 3 N–H and O–H groups in total.